The summed E-state index contributed by atoms with van der Waals surface area (Å²) in [6, 6.07) is 18.4. The van der Waals surface area contributed by atoms with Gasteiger partial charge in [0.2, 0.25) is 5.91 Å². The van der Waals surface area contributed by atoms with Gasteiger partial charge in [-0.1, -0.05) is 43.3 Å². The first-order valence-corrected chi connectivity index (χ1v) is 15.3. The lowest BCUT2D eigenvalue weighted by Crippen LogP contribution is -2.46. The van der Waals surface area contributed by atoms with E-state index < -0.39 is 12.0 Å². The molecular weight excluding hydrogens is 570 g/mol. The molecule has 11 nitrogen and oxygen atoms in total. The fraction of sp³-hybridized carbons (Fsp3) is 0.324. The molecule has 0 unspecified atom stereocenters. The van der Waals surface area contributed by atoms with Gasteiger partial charge in [-0.15, -0.1) is 0 Å². The van der Waals surface area contributed by atoms with E-state index in [2.05, 4.69) is 27.4 Å². The number of aromatic nitrogens is 2. The van der Waals surface area contributed by atoms with Gasteiger partial charge in [0.25, 0.3) is 5.91 Å². The molecule has 6 rings (SSSR count). The monoisotopic (exact) mass is 607 g/mol. The van der Waals surface area contributed by atoms with Crippen LogP contribution in [-0.2, 0) is 16.1 Å². The van der Waals surface area contributed by atoms with Crippen LogP contribution < -0.4 is 26.2 Å². The maximum Gasteiger partial charge on any atom is 0.412 e. The smallest absolute Gasteiger partial charge is 0.412 e. The quantitative estimate of drug-likeness (QED) is 0.256. The first kappa shape index (κ1) is 30.0. The van der Waals surface area contributed by atoms with Gasteiger partial charge >= 0.3 is 6.09 Å². The van der Waals surface area contributed by atoms with Crippen molar-refractivity contribution in [1.82, 2.24) is 9.97 Å². The number of hydrogen-bond acceptors (Lipinski definition) is 8. The lowest BCUT2D eigenvalue weighted by atomic mass is 9.96. The molecule has 2 aromatic heterocycles. The lowest BCUT2D eigenvalue weighted by Gasteiger charge is -2.37. The van der Waals surface area contributed by atoms with Crippen LogP contribution in [0, 0.1) is 5.92 Å². The molecule has 3 amide bonds. The molecule has 2 fully saturated rings. The molecule has 232 valence electrons. The molecule has 2 aromatic carbocycles. The SMILES string of the molecule is C[C@@H]1C[C@H](N)CN(c2ccncc2NC(=O)c2nc3cc(N4CCCCC4=O)ccc3cc2NC(=O)OCc2ccccc2)C1. The minimum Gasteiger partial charge on any atom is -0.444 e. The molecule has 11 heteroatoms. The van der Waals surface area contributed by atoms with E-state index in [-0.39, 0.29) is 29.9 Å². The number of fused-ring (bicyclic) bond motifs is 1. The number of hydrogen-bond donors (Lipinski definition) is 3. The second-order valence-corrected chi connectivity index (χ2v) is 11.8. The van der Waals surface area contributed by atoms with Crippen molar-refractivity contribution in [2.24, 2.45) is 11.7 Å². The average molecular weight is 608 g/mol. The zero-order valence-electron chi connectivity index (χ0n) is 25.2. The average Bonchev–Trinajstić information content (AvgIpc) is 3.04. The van der Waals surface area contributed by atoms with Crippen molar-refractivity contribution < 1.29 is 19.1 Å². The second kappa shape index (κ2) is 13.3. The molecule has 0 bridgehead atoms. The summed E-state index contributed by atoms with van der Waals surface area (Å²) in [5.41, 5.74) is 9.90. The molecule has 4 heterocycles. The van der Waals surface area contributed by atoms with Crippen LogP contribution in [0.4, 0.5) is 27.5 Å². The number of nitrogens with zero attached hydrogens (tertiary/aromatic N) is 4. The summed E-state index contributed by atoms with van der Waals surface area (Å²) in [4.78, 5) is 52.3. The summed E-state index contributed by atoms with van der Waals surface area (Å²) in [6.45, 7) is 4.31. The minimum atomic E-state index is -0.719. The minimum absolute atomic E-state index is 0.000187. The van der Waals surface area contributed by atoms with Crippen LogP contribution >= 0.6 is 0 Å². The van der Waals surface area contributed by atoms with E-state index in [0.717, 1.165) is 42.7 Å². The summed E-state index contributed by atoms with van der Waals surface area (Å²) >= 11 is 0. The largest absolute Gasteiger partial charge is 0.444 e. The molecule has 2 atom stereocenters. The predicted molar refractivity (Wildman–Crippen MR) is 174 cm³/mol. The second-order valence-electron chi connectivity index (χ2n) is 11.8. The summed E-state index contributed by atoms with van der Waals surface area (Å²) in [6.07, 6.45) is 5.80. The van der Waals surface area contributed by atoms with Crippen molar-refractivity contribution in [2.75, 3.05) is 40.1 Å². The Balaban J connectivity index is 1.32. The van der Waals surface area contributed by atoms with E-state index in [1.54, 1.807) is 29.4 Å². The first-order valence-electron chi connectivity index (χ1n) is 15.3. The molecule has 0 spiro atoms. The highest BCUT2D eigenvalue weighted by atomic mass is 16.5. The van der Waals surface area contributed by atoms with Crippen molar-refractivity contribution in [3.05, 3.63) is 84.3 Å². The highest BCUT2D eigenvalue weighted by Gasteiger charge is 2.26. The van der Waals surface area contributed by atoms with Gasteiger partial charge in [0.05, 0.1) is 28.8 Å². The van der Waals surface area contributed by atoms with Gasteiger partial charge in [-0.3, -0.25) is 19.9 Å². The Morgan fingerprint density at radius 2 is 1.87 bits per heavy atom. The van der Waals surface area contributed by atoms with Gasteiger partial charge in [-0.05, 0) is 55.0 Å². The van der Waals surface area contributed by atoms with E-state index in [0.29, 0.717) is 42.0 Å². The third kappa shape index (κ3) is 7.04. The molecule has 0 saturated carbocycles. The number of nitrogens with one attached hydrogen (secondary N) is 2. The fourth-order valence-electron chi connectivity index (χ4n) is 6.08. The van der Waals surface area contributed by atoms with E-state index in [1.165, 1.54) is 0 Å². The van der Waals surface area contributed by atoms with Crippen molar-refractivity contribution in [1.29, 1.82) is 0 Å². The highest BCUT2D eigenvalue weighted by Crippen LogP contribution is 2.31. The number of rotatable bonds is 7. The summed E-state index contributed by atoms with van der Waals surface area (Å²) in [5, 5.41) is 6.39. The molecular formula is C34H37N7O4. The molecule has 4 aromatic rings. The fourth-order valence-corrected chi connectivity index (χ4v) is 6.08. The zero-order valence-corrected chi connectivity index (χ0v) is 25.2. The maximum atomic E-state index is 13.9. The first-order chi connectivity index (χ1) is 21.8. The van der Waals surface area contributed by atoms with Gasteiger partial charge < -0.3 is 25.6 Å². The Kier molecular flexibility index (Phi) is 8.88. The van der Waals surface area contributed by atoms with Crippen LogP contribution in [0.15, 0.2) is 73.1 Å². The Bertz CT molecular complexity index is 1700. The Morgan fingerprint density at radius 3 is 2.67 bits per heavy atom. The number of anilines is 4. The summed E-state index contributed by atoms with van der Waals surface area (Å²) in [7, 11) is 0. The topological polar surface area (TPSA) is 143 Å². The van der Waals surface area contributed by atoms with Gasteiger partial charge in [0.15, 0.2) is 5.69 Å². The van der Waals surface area contributed by atoms with Gasteiger partial charge in [-0.25, -0.2) is 9.78 Å². The van der Waals surface area contributed by atoms with Crippen molar-refractivity contribution in [3.63, 3.8) is 0 Å². The number of carbonyl (C=O) groups excluding carboxylic acids is 3. The molecule has 45 heavy (non-hydrogen) atoms. The number of benzene rings is 2. The van der Waals surface area contributed by atoms with Gasteiger partial charge in [0.1, 0.15) is 6.61 Å². The molecule has 0 aliphatic carbocycles. The Labute approximate surface area is 261 Å². The number of pyridine rings is 2. The molecule has 2 saturated heterocycles. The third-order valence-electron chi connectivity index (χ3n) is 8.18. The number of carbonyl (C=O) groups is 3. The zero-order chi connectivity index (χ0) is 31.3. The molecule has 0 radical (unpaired) electrons. The number of piperidine rings is 2. The normalized spacial score (nSPS) is 18.5. The van der Waals surface area contributed by atoms with Crippen LogP contribution in [0.2, 0.25) is 0 Å². The maximum absolute atomic E-state index is 13.9. The molecule has 2 aliphatic rings. The van der Waals surface area contributed by atoms with E-state index in [9.17, 15) is 14.4 Å². The van der Waals surface area contributed by atoms with Crippen LogP contribution in [0.1, 0.15) is 48.7 Å². The van der Waals surface area contributed by atoms with Gasteiger partial charge in [0, 0.05) is 49.4 Å². The van der Waals surface area contributed by atoms with Crippen molar-refractivity contribution >= 4 is 51.6 Å². The number of nitrogens with two attached hydrogens (primary N) is 1. The molecule has 4 N–H and O–H groups in total. The van der Waals surface area contributed by atoms with Crippen molar-refractivity contribution in [3.8, 4) is 0 Å². The van der Waals surface area contributed by atoms with Crippen LogP contribution in [0.3, 0.4) is 0 Å². The van der Waals surface area contributed by atoms with Crippen LogP contribution in [0.5, 0.6) is 0 Å². The van der Waals surface area contributed by atoms with Crippen molar-refractivity contribution in [2.45, 2.75) is 45.3 Å². The Hall–Kier alpha value is -5.03. The Morgan fingerprint density at radius 1 is 1.02 bits per heavy atom. The number of amides is 3. The van der Waals surface area contributed by atoms with E-state index in [1.807, 2.05) is 48.5 Å². The summed E-state index contributed by atoms with van der Waals surface area (Å²) in [5.74, 6) is -0.0708. The van der Waals surface area contributed by atoms with Crippen LogP contribution in [-0.4, -0.2) is 53.6 Å². The molecule has 2 aliphatic heterocycles. The third-order valence-corrected chi connectivity index (χ3v) is 8.18. The van der Waals surface area contributed by atoms with E-state index >= 15 is 0 Å². The predicted octanol–water partition coefficient (Wildman–Crippen LogP) is 5.32. The van der Waals surface area contributed by atoms with Crippen LogP contribution in [0.25, 0.3) is 10.9 Å². The standard InChI is InChI=1S/C34H37N7O4/c1-22-15-25(35)20-40(19-22)30-12-13-36-18-29(30)38-33(43)32-28(39-34(44)45-21-23-7-3-2-4-8-23)16-24-10-11-26(17-27(24)37-32)41-14-6-5-9-31(41)42/h2-4,7-8,10-13,16-18,22,25H,5-6,9,14-15,19-21,35H2,1H3,(H,38,43)(H,39,44)/t22-,25+/m1/s1. The lowest BCUT2D eigenvalue weighted by molar-refractivity contribution is -0.119. The van der Waals surface area contributed by atoms with Gasteiger partial charge in [-0.2, -0.15) is 0 Å². The highest BCUT2D eigenvalue weighted by molar-refractivity contribution is 6.11. The summed E-state index contributed by atoms with van der Waals surface area (Å²) < 4.78 is 5.44. The van der Waals surface area contributed by atoms with E-state index in [4.69, 9.17) is 15.5 Å². The number of ether oxygens (including phenoxy) is 1.